The molecule has 0 saturated carbocycles. The van der Waals surface area contributed by atoms with Gasteiger partial charge in [-0.3, -0.25) is 9.59 Å². The van der Waals surface area contributed by atoms with Crippen molar-refractivity contribution in [3.63, 3.8) is 0 Å². The van der Waals surface area contributed by atoms with Gasteiger partial charge in [0.15, 0.2) is 0 Å². The van der Waals surface area contributed by atoms with Crippen molar-refractivity contribution in [3.05, 3.63) is 34.9 Å². The second kappa shape index (κ2) is 6.00. The molecule has 104 valence electrons. The molecule has 1 N–H and O–H groups in total. The Kier molecular flexibility index (Phi) is 4.87. The van der Waals surface area contributed by atoms with Gasteiger partial charge in [-0.15, -0.1) is 0 Å². The lowest BCUT2D eigenvalue weighted by atomic mass is 9.85. The van der Waals surface area contributed by atoms with Gasteiger partial charge in [-0.05, 0) is 36.0 Å². The summed E-state index contributed by atoms with van der Waals surface area (Å²) >= 11 is 0. The molecule has 0 heterocycles. The van der Waals surface area contributed by atoms with Crippen molar-refractivity contribution in [1.29, 1.82) is 0 Å². The van der Waals surface area contributed by atoms with Gasteiger partial charge in [0.2, 0.25) is 5.91 Å². The van der Waals surface area contributed by atoms with Crippen molar-refractivity contribution >= 4 is 11.7 Å². The zero-order valence-electron chi connectivity index (χ0n) is 12.5. The Labute approximate surface area is 115 Å². The zero-order valence-corrected chi connectivity index (χ0v) is 12.5. The lowest BCUT2D eigenvalue weighted by Gasteiger charge is -2.21. The van der Waals surface area contributed by atoms with E-state index in [0.29, 0.717) is 6.54 Å². The van der Waals surface area contributed by atoms with E-state index >= 15 is 0 Å². The molecule has 0 aliphatic heterocycles. The van der Waals surface area contributed by atoms with E-state index in [1.165, 1.54) is 12.5 Å². The number of hydrogen-bond donors (Lipinski definition) is 1. The van der Waals surface area contributed by atoms with Gasteiger partial charge in [0.25, 0.3) is 0 Å². The highest BCUT2D eigenvalue weighted by molar-refractivity contribution is 5.96. The predicted molar refractivity (Wildman–Crippen MR) is 77.0 cm³/mol. The number of Topliss-reactive ketones (excluding diaryl/α,β-unsaturated/α-hetero) is 1. The third kappa shape index (κ3) is 4.86. The summed E-state index contributed by atoms with van der Waals surface area (Å²) in [5.74, 6) is -0.328. The van der Waals surface area contributed by atoms with E-state index in [1.807, 2.05) is 6.92 Å². The van der Waals surface area contributed by atoms with Crippen molar-refractivity contribution < 1.29 is 9.59 Å². The fourth-order valence-electron chi connectivity index (χ4n) is 1.81. The van der Waals surface area contributed by atoms with Crippen molar-refractivity contribution in [2.24, 2.45) is 0 Å². The summed E-state index contributed by atoms with van der Waals surface area (Å²) in [7, 11) is 0. The first-order chi connectivity index (χ1) is 8.70. The highest BCUT2D eigenvalue weighted by Crippen LogP contribution is 2.24. The molecule has 3 nitrogen and oxygen atoms in total. The minimum absolute atomic E-state index is 0.0436. The fraction of sp³-hybridized carbons (Fsp3) is 0.500. The summed E-state index contributed by atoms with van der Waals surface area (Å²) in [5.41, 5.74) is 3.58. The Bertz CT molecular complexity index is 484. The van der Waals surface area contributed by atoms with Crippen LogP contribution in [-0.2, 0) is 21.5 Å². The molecule has 1 aromatic carbocycles. The summed E-state index contributed by atoms with van der Waals surface area (Å²) < 4.78 is 0. The molecule has 0 unspecified atom stereocenters. The van der Waals surface area contributed by atoms with Gasteiger partial charge in [0, 0.05) is 6.54 Å². The van der Waals surface area contributed by atoms with Crippen molar-refractivity contribution in [2.75, 3.05) is 0 Å². The summed E-state index contributed by atoms with van der Waals surface area (Å²) in [6.07, 6.45) is -0.0436. The van der Waals surface area contributed by atoms with Crippen LogP contribution in [0.2, 0.25) is 0 Å². The topological polar surface area (TPSA) is 46.2 Å². The molecule has 19 heavy (non-hydrogen) atoms. The minimum Gasteiger partial charge on any atom is -0.352 e. The number of nitrogens with one attached hydrogen (secondary N) is 1. The standard InChI is InChI=1S/C16H23NO2/c1-11-6-7-14(16(3,4)5)9-13(11)10-17-15(19)8-12(2)18/h6-7,9H,8,10H2,1-5H3,(H,17,19). The maximum atomic E-state index is 11.5. The summed E-state index contributed by atoms with van der Waals surface area (Å²) in [6.45, 7) is 10.4. The number of carbonyl (C=O) groups is 2. The Hall–Kier alpha value is -1.64. The monoisotopic (exact) mass is 261 g/mol. The largest absolute Gasteiger partial charge is 0.352 e. The second-order valence-corrected chi connectivity index (χ2v) is 6.05. The first-order valence-corrected chi connectivity index (χ1v) is 6.56. The van der Waals surface area contributed by atoms with E-state index in [2.05, 4.69) is 44.3 Å². The Morgan fingerprint density at radius 1 is 1.21 bits per heavy atom. The van der Waals surface area contributed by atoms with Gasteiger partial charge < -0.3 is 5.32 Å². The first kappa shape index (κ1) is 15.4. The number of aryl methyl sites for hydroxylation is 1. The second-order valence-electron chi connectivity index (χ2n) is 6.05. The third-order valence-electron chi connectivity index (χ3n) is 3.10. The molecule has 0 saturated heterocycles. The van der Waals surface area contributed by atoms with Crippen molar-refractivity contribution in [1.82, 2.24) is 5.32 Å². The van der Waals surface area contributed by atoms with Crippen LogP contribution in [0, 0.1) is 6.92 Å². The zero-order chi connectivity index (χ0) is 14.6. The molecule has 0 aliphatic carbocycles. The molecule has 0 aliphatic rings. The van der Waals surface area contributed by atoms with Crippen LogP contribution >= 0.6 is 0 Å². The molecular formula is C16H23NO2. The molecule has 1 aromatic rings. The predicted octanol–water partition coefficient (Wildman–Crippen LogP) is 2.89. The lowest BCUT2D eigenvalue weighted by Crippen LogP contribution is -2.25. The number of ketones is 1. The van der Waals surface area contributed by atoms with Crippen LogP contribution in [0.3, 0.4) is 0 Å². The van der Waals surface area contributed by atoms with Gasteiger partial charge in [-0.25, -0.2) is 0 Å². The quantitative estimate of drug-likeness (QED) is 0.847. The normalized spacial score (nSPS) is 11.2. The van der Waals surface area contributed by atoms with Gasteiger partial charge in [0.05, 0.1) is 6.42 Å². The number of carbonyl (C=O) groups excluding carboxylic acids is 2. The molecule has 0 radical (unpaired) electrons. The van der Waals surface area contributed by atoms with Crippen molar-refractivity contribution in [3.8, 4) is 0 Å². The summed E-state index contributed by atoms with van der Waals surface area (Å²) in [5, 5.41) is 2.79. The molecule has 3 heteroatoms. The van der Waals surface area contributed by atoms with Crippen LogP contribution in [-0.4, -0.2) is 11.7 Å². The van der Waals surface area contributed by atoms with Gasteiger partial charge >= 0.3 is 0 Å². The Balaban J connectivity index is 2.78. The van der Waals surface area contributed by atoms with Crippen LogP contribution in [0.1, 0.15) is 50.8 Å². The summed E-state index contributed by atoms with van der Waals surface area (Å²) in [6, 6.07) is 6.33. The van der Waals surface area contributed by atoms with E-state index < -0.39 is 0 Å². The van der Waals surface area contributed by atoms with E-state index in [1.54, 1.807) is 0 Å². The van der Waals surface area contributed by atoms with E-state index in [-0.39, 0.29) is 23.5 Å². The molecule has 0 aromatic heterocycles. The smallest absolute Gasteiger partial charge is 0.227 e. The Morgan fingerprint density at radius 3 is 2.37 bits per heavy atom. The molecule has 0 spiro atoms. The first-order valence-electron chi connectivity index (χ1n) is 6.56. The molecule has 1 rings (SSSR count). The highest BCUT2D eigenvalue weighted by atomic mass is 16.2. The number of rotatable bonds is 4. The minimum atomic E-state index is -0.215. The van der Waals surface area contributed by atoms with Gasteiger partial charge in [0.1, 0.15) is 5.78 Å². The number of amides is 1. The van der Waals surface area contributed by atoms with E-state index in [0.717, 1.165) is 11.1 Å². The SMILES string of the molecule is CC(=O)CC(=O)NCc1cc(C(C)(C)C)ccc1C. The van der Waals surface area contributed by atoms with Gasteiger partial charge in [-0.1, -0.05) is 39.0 Å². The molecular weight excluding hydrogens is 238 g/mol. The molecule has 1 amide bonds. The number of benzene rings is 1. The molecule has 0 bridgehead atoms. The molecule has 0 fully saturated rings. The maximum Gasteiger partial charge on any atom is 0.227 e. The Morgan fingerprint density at radius 2 is 1.84 bits per heavy atom. The highest BCUT2D eigenvalue weighted by Gasteiger charge is 2.15. The molecule has 0 atom stereocenters. The lowest BCUT2D eigenvalue weighted by molar-refractivity contribution is -0.127. The van der Waals surface area contributed by atoms with E-state index in [4.69, 9.17) is 0 Å². The van der Waals surface area contributed by atoms with Crippen molar-refractivity contribution in [2.45, 2.75) is 53.0 Å². The van der Waals surface area contributed by atoms with E-state index in [9.17, 15) is 9.59 Å². The van der Waals surface area contributed by atoms with Crippen LogP contribution in [0.5, 0.6) is 0 Å². The third-order valence-corrected chi connectivity index (χ3v) is 3.10. The average molecular weight is 261 g/mol. The van der Waals surface area contributed by atoms with Crippen LogP contribution < -0.4 is 5.32 Å². The van der Waals surface area contributed by atoms with Gasteiger partial charge in [-0.2, -0.15) is 0 Å². The summed E-state index contributed by atoms with van der Waals surface area (Å²) in [4.78, 5) is 22.3. The average Bonchev–Trinajstić information content (AvgIpc) is 2.25. The van der Waals surface area contributed by atoms with Crippen LogP contribution in [0.15, 0.2) is 18.2 Å². The van der Waals surface area contributed by atoms with Crippen LogP contribution in [0.4, 0.5) is 0 Å². The van der Waals surface area contributed by atoms with Crippen LogP contribution in [0.25, 0.3) is 0 Å². The number of hydrogen-bond acceptors (Lipinski definition) is 2. The maximum absolute atomic E-state index is 11.5. The fourth-order valence-corrected chi connectivity index (χ4v) is 1.81.